The maximum absolute atomic E-state index is 2.38. The highest BCUT2D eigenvalue weighted by Crippen LogP contribution is 2.41. The van der Waals surface area contributed by atoms with Gasteiger partial charge in [-0.15, -0.1) is 11.3 Å². The Balaban J connectivity index is 1.40. The third kappa shape index (κ3) is 2.73. The van der Waals surface area contributed by atoms with E-state index in [2.05, 4.69) is 121 Å². The minimum atomic E-state index is 1.26. The average molecular weight is 461 g/mol. The van der Waals surface area contributed by atoms with Crippen molar-refractivity contribution in [1.82, 2.24) is 0 Å². The monoisotopic (exact) mass is 460 g/mol. The Morgan fingerprint density at radius 2 is 0.857 bits per heavy atom. The lowest BCUT2D eigenvalue weighted by molar-refractivity contribution is 1.71. The first kappa shape index (κ1) is 19.1. The van der Waals surface area contributed by atoms with Crippen LogP contribution in [0.1, 0.15) is 0 Å². The van der Waals surface area contributed by atoms with E-state index in [1.807, 2.05) is 11.3 Å². The van der Waals surface area contributed by atoms with Gasteiger partial charge < -0.3 is 0 Å². The van der Waals surface area contributed by atoms with Crippen LogP contribution in [0.25, 0.3) is 74.4 Å². The molecule has 0 unspecified atom stereocenters. The topological polar surface area (TPSA) is 0 Å². The molecule has 0 aliphatic carbocycles. The summed E-state index contributed by atoms with van der Waals surface area (Å²) in [6, 6.07) is 44.8. The van der Waals surface area contributed by atoms with Crippen LogP contribution in [0.15, 0.2) is 121 Å². The van der Waals surface area contributed by atoms with Crippen LogP contribution in [0.4, 0.5) is 0 Å². The van der Waals surface area contributed by atoms with Gasteiger partial charge in [0.25, 0.3) is 0 Å². The summed E-state index contributed by atoms with van der Waals surface area (Å²) >= 11 is 1.90. The minimum absolute atomic E-state index is 1.26. The third-order valence-corrected chi connectivity index (χ3v) is 8.66. The fourth-order valence-electron chi connectivity index (χ4n) is 5.77. The molecule has 0 saturated carbocycles. The molecule has 0 amide bonds. The molecule has 0 nitrogen and oxygen atoms in total. The van der Waals surface area contributed by atoms with Crippen molar-refractivity contribution >= 4 is 74.6 Å². The predicted octanol–water partition coefficient (Wildman–Crippen LogP) is 10.3. The highest BCUT2D eigenvalue weighted by molar-refractivity contribution is 7.26. The second-order valence-electron chi connectivity index (χ2n) is 9.33. The summed E-state index contributed by atoms with van der Waals surface area (Å²) in [4.78, 5) is 0. The molecule has 0 spiro atoms. The van der Waals surface area contributed by atoms with Gasteiger partial charge in [0.1, 0.15) is 0 Å². The van der Waals surface area contributed by atoms with E-state index in [9.17, 15) is 0 Å². The summed E-state index contributed by atoms with van der Waals surface area (Å²) in [7, 11) is 0. The maximum atomic E-state index is 2.38. The van der Waals surface area contributed by atoms with Crippen LogP contribution >= 0.6 is 11.3 Å². The largest absolute Gasteiger partial charge is 0.135 e. The normalized spacial score (nSPS) is 12.0. The molecule has 0 aliphatic heterocycles. The quantitative estimate of drug-likeness (QED) is 0.214. The molecule has 0 bridgehead atoms. The Bertz CT molecular complexity index is 2070. The summed E-state index contributed by atoms with van der Waals surface area (Å²) in [6.07, 6.45) is 0. The van der Waals surface area contributed by atoms with Crippen LogP contribution in [0.3, 0.4) is 0 Å². The Labute approximate surface area is 206 Å². The van der Waals surface area contributed by atoms with E-state index < -0.39 is 0 Å². The van der Waals surface area contributed by atoms with Crippen molar-refractivity contribution in [2.45, 2.75) is 0 Å². The number of hydrogen-bond donors (Lipinski definition) is 0. The molecule has 8 aromatic rings. The van der Waals surface area contributed by atoms with Crippen LogP contribution < -0.4 is 0 Å². The average Bonchev–Trinajstić information content (AvgIpc) is 3.31. The van der Waals surface area contributed by atoms with Gasteiger partial charge in [0.2, 0.25) is 0 Å². The van der Waals surface area contributed by atoms with Crippen molar-refractivity contribution in [3.8, 4) is 11.1 Å². The smallest absolute Gasteiger partial charge is 0.0433 e. The second-order valence-corrected chi connectivity index (χ2v) is 10.4. The summed E-state index contributed by atoms with van der Waals surface area (Å²) in [5, 5.41) is 13.3. The Kier molecular flexibility index (Phi) is 3.91. The van der Waals surface area contributed by atoms with Crippen molar-refractivity contribution in [1.29, 1.82) is 0 Å². The van der Waals surface area contributed by atoms with Crippen LogP contribution in [-0.2, 0) is 0 Å². The minimum Gasteiger partial charge on any atom is -0.135 e. The zero-order valence-electron chi connectivity index (χ0n) is 19.0. The second kappa shape index (κ2) is 7.15. The number of benzene rings is 7. The van der Waals surface area contributed by atoms with Crippen LogP contribution in [0.5, 0.6) is 0 Å². The summed E-state index contributed by atoms with van der Waals surface area (Å²) < 4.78 is 2.73. The van der Waals surface area contributed by atoms with Crippen LogP contribution in [0.2, 0.25) is 0 Å². The van der Waals surface area contributed by atoms with Gasteiger partial charge >= 0.3 is 0 Å². The van der Waals surface area contributed by atoms with Gasteiger partial charge in [-0.05, 0) is 72.4 Å². The lowest BCUT2D eigenvalue weighted by atomic mass is 9.92. The van der Waals surface area contributed by atoms with Crippen molar-refractivity contribution in [3.63, 3.8) is 0 Å². The van der Waals surface area contributed by atoms with Gasteiger partial charge in [-0.3, -0.25) is 0 Å². The van der Waals surface area contributed by atoms with Gasteiger partial charge in [-0.1, -0.05) is 103 Å². The summed E-state index contributed by atoms with van der Waals surface area (Å²) in [5.41, 5.74) is 2.53. The molecule has 0 fully saturated rings. The van der Waals surface area contributed by atoms with E-state index >= 15 is 0 Å². The first-order chi connectivity index (χ1) is 17.3. The standard InChI is InChI=1S/C34H20S/c1-2-8-24-21(7-1)13-17-30-32-20-23(15-18-33(32)35-34(24)30)22-14-16-29-27-11-4-3-9-25(27)26-10-5-6-12-28(26)31(29)19-22/h1-20H. The molecule has 1 aromatic heterocycles. The van der Waals surface area contributed by atoms with Crippen molar-refractivity contribution in [2.24, 2.45) is 0 Å². The van der Waals surface area contributed by atoms with Gasteiger partial charge in [0.05, 0.1) is 0 Å². The lowest BCUT2D eigenvalue weighted by Crippen LogP contribution is -1.85. The Morgan fingerprint density at radius 1 is 0.343 bits per heavy atom. The highest BCUT2D eigenvalue weighted by atomic mass is 32.1. The van der Waals surface area contributed by atoms with E-state index in [0.29, 0.717) is 0 Å². The molecule has 0 N–H and O–H groups in total. The molecular formula is C34H20S. The number of thiophene rings is 1. The Morgan fingerprint density at radius 3 is 1.57 bits per heavy atom. The number of rotatable bonds is 1. The lowest BCUT2D eigenvalue weighted by Gasteiger charge is -2.12. The zero-order chi connectivity index (χ0) is 22.9. The fraction of sp³-hybridized carbons (Fsp3) is 0. The molecule has 162 valence electrons. The van der Waals surface area contributed by atoms with Crippen molar-refractivity contribution < 1.29 is 0 Å². The van der Waals surface area contributed by atoms with E-state index in [1.165, 1.54) is 74.4 Å². The Hall–Kier alpha value is -4.20. The molecule has 0 aliphatic rings. The summed E-state index contributed by atoms with van der Waals surface area (Å²) in [6.45, 7) is 0. The highest BCUT2D eigenvalue weighted by Gasteiger charge is 2.12. The molecule has 1 heterocycles. The van der Waals surface area contributed by atoms with E-state index in [-0.39, 0.29) is 0 Å². The molecule has 1 heteroatoms. The predicted molar refractivity (Wildman–Crippen MR) is 155 cm³/mol. The SMILES string of the molecule is c1ccc2c(c1)ccc1c3cc(-c4ccc5c6ccccc6c6ccccc6c5c4)ccc3sc21. The number of hydrogen-bond acceptors (Lipinski definition) is 1. The van der Waals surface area contributed by atoms with Gasteiger partial charge in [-0.2, -0.15) is 0 Å². The van der Waals surface area contributed by atoms with Crippen LogP contribution in [-0.4, -0.2) is 0 Å². The first-order valence-corrected chi connectivity index (χ1v) is 12.8. The van der Waals surface area contributed by atoms with E-state index in [4.69, 9.17) is 0 Å². The third-order valence-electron chi connectivity index (χ3n) is 7.44. The van der Waals surface area contributed by atoms with E-state index in [1.54, 1.807) is 0 Å². The fourth-order valence-corrected chi connectivity index (χ4v) is 6.99. The van der Waals surface area contributed by atoms with Crippen molar-refractivity contribution in [3.05, 3.63) is 121 Å². The van der Waals surface area contributed by atoms with Gasteiger partial charge in [0, 0.05) is 20.2 Å². The molecule has 0 saturated heterocycles. The molecule has 0 atom stereocenters. The van der Waals surface area contributed by atoms with Gasteiger partial charge in [-0.25, -0.2) is 0 Å². The molecule has 7 aromatic carbocycles. The van der Waals surface area contributed by atoms with E-state index in [0.717, 1.165) is 0 Å². The molecule has 8 rings (SSSR count). The first-order valence-electron chi connectivity index (χ1n) is 12.0. The molecule has 0 radical (unpaired) electrons. The zero-order valence-corrected chi connectivity index (χ0v) is 19.8. The van der Waals surface area contributed by atoms with Crippen molar-refractivity contribution in [2.75, 3.05) is 0 Å². The maximum Gasteiger partial charge on any atom is 0.0433 e. The summed E-state index contributed by atoms with van der Waals surface area (Å²) in [5.74, 6) is 0. The van der Waals surface area contributed by atoms with Crippen LogP contribution in [0, 0.1) is 0 Å². The number of fused-ring (bicyclic) bond motifs is 11. The molecular weight excluding hydrogens is 440 g/mol. The van der Waals surface area contributed by atoms with Gasteiger partial charge in [0.15, 0.2) is 0 Å². The molecule has 35 heavy (non-hydrogen) atoms.